The van der Waals surface area contributed by atoms with Gasteiger partial charge in [-0.1, -0.05) is 71.7 Å². The molecule has 0 aromatic heterocycles. The summed E-state index contributed by atoms with van der Waals surface area (Å²) in [6.45, 7) is 0. The molecule has 1 atom stereocenters. The summed E-state index contributed by atoms with van der Waals surface area (Å²) < 4.78 is 5.46. The molecule has 0 N–H and O–H groups in total. The van der Waals surface area contributed by atoms with Crippen molar-refractivity contribution in [3.05, 3.63) is 99.0 Å². The van der Waals surface area contributed by atoms with Crippen molar-refractivity contribution < 1.29 is 14.3 Å². The molecule has 1 unspecified atom stereocenters. The standard InChI is InChI=1S/C22H14Cl2O3/c23-18-11-10-16(17-12-14-8-4-5-9-15(14)20(17)25)19(24)21(18)27-22(26)13-6-2-1-3-7-13/h1-11,17H,12H2. The van der Waals surface area contributed by atoms with Gasteiger partial charge in [0.25, 0.3) is 0 Å². The number of ketones is 1. The fraction of sp³-hybridized carbons (Fsp3) is 0.0909. The lowest BCUT2D eigenvalue weighted by Crippen LogP contribution is -2.12. The van der Waals surface area contributed by atoms with Gasteiger partial charge < -0.3 is 4.74 Å². The molecule has 3 aromatic carbocycles. The molecule has 3 aromatic rings. The molecule has 134 valence electrons. The van der Waals surface area contributed by atoms with E-state index in [1.54, 1.807) is 42.5 Å². The Morgan fingerprint density at radius 1 is 0.926 bits per heavy atom. The summed E-state index contributed by atoms with van der Waals surface area (Å²) in [5.41, 5.74) is 2.69. The predicted molar refractivity (Wildman–Crippen MR) is 105 cm³/mol. The molecule has 0 radical (unpaired) electrons. The summed E-state index contributed by atoms with van der Waals surface area (Å²) >= 11 is 12.7. The number of hydrogen-bond acceptors (Lipinski definition) is 3. The van der Waals surface area contributed by atoms with Crippen molar-refractivity contribution in [3.63, 3.8) is 0 Å². The van der Waals surface area contributed by atoms with Gasteiger partial charge in [0.2, 0.25) is 0 Å². The highest BCUT2D eigenvalue weighted by Gasteiger charge is 2.34. The molecule has 27 heavy (non-hydrogen) atoms. The number of rotatable bonds is 3. The third-order valence-electron chi connectivity index (χ3n) is 4.68. The summed E-state index contributed by atoms with van der Waals surface area (Å²) in [6, 6.07) is 19.4. The topological polar surface area (TPSA) is 43.4 Å². The Kier molecular flexibility index (Phi) is 4.73. The fourth-order valence-electron chi connectivity index (χ4n) is 3.33. The second kappa shape index (κ2) is 7.18. The first kappa shape index (κ1) is 17.8. The van der Waals surface area contributed by atoms with Gasteiger partial charge in [0.1, 0.15) is 0 Å². The van der Waals surface area contributed by atoms with Crippen LogP contribution in [0, 0.1) is 0 Å². The lowest BCUT2D eigenvalue weighted by atomic mass is 9.95. The molecular weight excluding hydrogens is 383 g/mol. The monoisotopic (exact) mass is 396 g/mol. The van der Waals surface area contributed by atoms with Crippen LogP contribution in [0.4, 0.5) is 0 Å². The molecule has 4 rings (SSSR count). The molecule has 0 spiro atoms. The molecular formula is C22H14Cl2O3. The molecule has 0 heterocycles. The highest BCUT2D eigenvalue weighted by Crippen LogP contribution is 2.43. The van der Waals surface area contributed by atoms with Crippen molar-refractivity contribution in [2.24, 2.45) is 0 Å². The van der Waals surface area contributed by atoms with Crippen molar-refractivity contribution in [1.82, 2.24) is 0 Å². The van der Waals surface area contributed by atoms with Crippen molar-refractivity contribution in [3.8, 4) is 5.75 Å². The van der Waals surface area contributed by atoms with Crippen LogP contribution in [0.15, 0.2) is 66.7 Å². The molecule has 0 fully saturated rings. The number of esters is 1. The molecule has 0 saturated heterocycles. The van der Waals surface area contributed by atoms with E-state index in [2.05, 4.69) is 0 Å². The van der Waals surface area contributed by atoms with Gasteiger partial charge in [0.15, 0.2) is 11.5 Å². The summed E-state index contributed by atoms with van der Waals surface area (Å²) in [5, 5.41) is 0.411. The van der Waals surface area contributed by atoms with E-state index in [4.69, 9.17) is 27.9 Å². The van der Waals surface area contributed by atoms with Gasteiger partial charge in [-0.15, -0.1) is 0 Å². The van der Waals surface area contributed by atoms with Gasteiger partial charge >= 0.3 is 5.97 Å². The molecule has 0 bridgehead atoms. The number of Topliss-reactive ketones (excluding diaryl/α,β-unsaturated/α-hetero) is 1. The van der Waals surface area contributed by atoms with Crippen LogP contribution in [0.5, 0.6) is 5.75 Å². The summed E-state index contributed by atoms with van der Waals surface area (Å²) in [6.07, 6.45) is 0.558. The lowest BCUT2D eigenvalue weighted by molar-refractivity contribution is 0.0735. The maximum atomic E-state index is 12.8. The minimum atomic E-state index is -0.558. The number of benzene rings is 3. The first-order chi connectivity index (χ1) is 13.1. The summed E-state index contributed by atoms with van der Waals surface area (Å²) in [5.74, 6) is -0.887. The Hall–Kier alpha value is -2.62. The number of fused-ring (bicyclic) bond motifs is 1. The SMILES string of the molecule is O=C(Oc1c(Cl)ccc(C2Cc3ccccc3C2=O)c1Cl)c1ccccc1. The van der Waals surface area contributed by atoms with E-state index in [1.165, 1.54) is 0 Å². The van der Waals surface area contributed by atoms with Crippen molar-refractivity contribution in [2.45, 2.75) is 12.3 Å². The molecule has 1 aliphatic rings. The molecule has 0 saturated carbocycles. The third kappa shape index (κ3) is 3.25. The number of carbonyl (C=O) groups excluding carboxylic acids is 2. The van der Waals surface area contributed by atoms with Gasteiger partial charge in [-0.05, 0) is 35.7 Å². The molecule has 5 heteroatoms. The van der Waals surface area contributed by atoms with E-state index in [0.29, 0.717) is 23.1 Å². The average molecular weight is 397 g/mol. The zero-order chi connectivity index (χ0) is 19.0. The van der Waals surface area contributed by atoms with Crippen molar-refractivity contribution in [1.29, 1.82) is 0 Å². The van der Waals surface area contributed by atoms with Crippen LogP contribution in [0.1, 0.15) is 37.8 Å². The van der Waals surface area contributed by atoms with E-state index in [-0.39, 0.29) is 21.6 Å². The highest BCUT2D eigenvalue weighted by atomic mass is 35.5. The normalized spacial score (nSPS) is 15.5. The van der Waals surface area contributed by atoms with Gasteiger partial charge in [-0.25, -0.2) is 4.79 Å². The van der Waals surface area contributed by atoms with Crippen LogP contribution in [-0.4, -0.2) is 11.8 Å². The number of halogens is 2. The summed E-state index contributed by atoms with van der Waals surface area (Å²) in [7, 11) is 0. The van der Waals surface area contributed by atoms with Gasteiger partial charge in [-0.2, -0.15) is 0 Å². The second-order valence-electron chi connectivity index (χ2n) is 6.31. The average Bonchev–Trinajstić information content (AvgIpc) is 3.02. The Balaban J connectivity index is 1.68. The fourth-order valence-corrected chi connectivity index (χ4v) is 3.91. The highest BCUT2D eigenvalue weighted by molar-refractivity contribution is 6.38. The van der Waals surface area contributed by atoms with Gasteiger partial charge in [0, 0.05) is 5.56 Å². The number of carbonyl (C=O) groups is 2. The predicted octanol–water partition coefficient (Wildman–Crippen LogP) is 5.74. The largest absolute Gasteiger partial charge is 0.420 e. The Morgan fingerprint density at radius 3 is 2.37 bits per heavy atom. The van der Waals surface area contributed by atoms with Crippen molar-refractivity contribution in [2.75, 3.05) is 0 Å². The lowest BCUT2D eigenvalue weighted by Gasteiger charge is -2.15. The third-order valence-corrected chi connectivity index (χ3v) is 5.37. The zero-order valence-electron chi connectivity index (χ0n) is 14.1. The van der Waals surface area contributed by atoms with E-state index in [9.17, 15) is 9.59 Å². The Bertz CT molecular complexity index is 1040. The zero-order valence-corrected chi connectivity index (χ0v) is 15.6. The van der Waals surface area contributed by atoms with E-state index < -0.39 is 11.9 Å². The van der Waals surface area contributed by atoms with Gasteiger partial charge in [-0.3, -0.25) is 4.79 Å². The first-order valence-corrected chi connectivity index (χ1v) is 9.19. The van der Waals surface area contributed by atoms with E-state index in [0.717, 1.165) is 5.56 Å². The smallest absolute Gasteiger partial charge is 0.343 e. The Labute approximate surface area is 166 Å². The van der Waals surface area contributed by atoms with Crippen molar-refractivity contribution >= 4 is 35.0 Å². The molecule has 1 aliphatic carbocycles. The molecule has 0 amide bonds. The summed E-state index contributed by atoms with van der Waals surface area (Å²) in [4.78, 5) is 25.2. The quantitative estimate of drug-likeness (QED) is 0.419. The van der Waals surface area contributed by atoms with Crippen LogP contribution in [0.3, 0.4) is 0 Å². The van der Waals surface area contributed by atoms with Crippen LogP contribution >= 0.6 is 23.2 Å². The minimum Gasteiger partial charge on any atom is -0.420 e. The van der Waals surface area contributed by atoms with E-state index >= 15 is 0 Å². The van der Waals surface area contributed by atoms with Crippen LogP contribution in [0.2, 0.25) is 10.0 Å². The second-order valence-corrected chi connectivity index (χ2v) is 7.10. The van der Waals surface area contributed by atoms with Gasteiger partial charge in [0.05, 0.1) is 21.5 Å². The first-order valence-electron chi connectivity index (χ1n) is 8.43. The maximum absolute atomic E-state index is 12.8. The number of hydrogen-bond donors (Lipinski definition) is 0. The van der Waals surface area contributed by atoms with Crippen LogP contribution < -0.4 is 4.74 Å². The number of ether oxygens (including phenoxy) is 1. The van der Waals surface area contributed by atoms with Crippen LogP contribution in [0.25, 0.3) is 0 Å². The maximum Gasteiger partial charge on any atom is 0.343 e. The molecule has 3 nitrogen and oxygen atoms in total. The van der Waals surface area contributed by atoms with E-state index in [1.807, 2.05) is 24.3 Å². The minimum absolute atomic E-state index is 0.00941. The Morgan fingerprint density at radius 2 is 1.63 bits per heavy atom. The van der Waals surface area contributed by atoms with Crippen LogP contribution in [-0.2, 0) is 6.42 Å². The molecule has 0 aliphatic heterocycles.